The van der Waals surface area contributed by atoms with Crippen LogP contribution in [0.2, 0.25) is 0 Å². The average molecular weight is 348 g/mol. The number of piperazine rings is 1. The van der Waals surface area contributed by atoms with E-state index < -0.39 is 6.43 Å². The average Bonchev–Trinajstić information content (AvgIpc) is 2.93. The number of rotatable bonds is 4. The molecule has 0 aliphatic carbocycles. The number of piperidine rings is 1. The lowest BCUT2D eigenvalue weighted by atomic mass is 9.86. The van der Waals surface area contributed by atoms with Crippen molar-refractivity contribution in [3.05, 3.63) is 35.0 Å². The maximum absolute atomic E-state index is 13.1. The first-order valence-electron chi connectivity index (χ1n) is 8.54. The molecule has 2 bridgehead atoms. The second-order valence-corrected chi connectivity index (χ2v) is 7.05. The van der Waals surface area contributed by atoms with Gasteiger partial charge in [0.2, 0.25) is 0 Å². The van der Waals surface area contributed by atoms with Crippen LogP contribution in [0.15, 0.2) is 12.3 Å². The van der Waals surface area contributed by atoms with Gasteiger partial charge in [0.1, 0.15) is 17.3 Å². The van der Waals surface area contributed by atoms with Crippen molar-refractivity contribution in [1.82, 2.24) is 24.6 Å². The van der Waals surface area contributed by atoms with Gasteiger partial charge in [-0.25, -0.2) is 18.7 Å². The van der Waals surface area contributed by atoms with Crippen LogP contribution < -0.4 is 4.90 Å². The fourth-order valence-electron chi connectivity index (χ4n) is 4.05. The largest absolute Gasteiger partial charge is 0.353 e. The smallest absolute Gasteiger partial charge is 0.282 e. The monoisotopic (exact) mass is 348 g/mol. The van der Waals surface area contributed by atoms with Gasteiger partial charge in [-0.15, -0.1) is 0 Å². The molecule has 0 radical (unpaired) electrons. The Labute approximate surface area is 145 Å². The fourth-order valence-corrected chi connectivity index (χ4v) is 4.05. The number of hydrogen-bond acceptors (Lipinski definition) is 5. The van der Waals surface area contributed by atoms with Crippen LogP contribution in [0.3, 0.4) is 0 Å². The summed E-state index contributed by atoms with van der Waals surface area (Å²) in [5.41, 5.74) is 1.51. The van der Waals surface area contributed by atoms with E-state index >= 15 is 0 Å². The van der Waals surface area contributed by atoms with Crippen molar-refractivity contribution < 1.29 is 8.78 Å². The number of aromatic nitrogens is 4. The second-order valence-electron chi connectivity index (χ2n) is 7.05. The molecule has 8 heteroatoms. The third-order valence-corrected chi connectivity index (χ3v) is 5.12. The van der Waals surface area contributed by atoms with Crippen molar-refractivity contribution in [2.75, 3.05) is 18.0 Å². The Hall–Kier alpha value is -2.09. The molecule has 2 aromatic heterocycles. The molecular formula is C17H22F2N6. The zero-order chi connectivity index (χ0) is 17.7. The third-order valence-electron chi connectivity index (χ3n) is 5.12. The van der Waals surface area contributed by atoms with Gasteiger partial charge in [-0.05, 0) is 20.3 Å². The molecule has 134 valence electrons. The summed E-state index contributed by atoms with van der Waals surface area (Å²) in [7, 11) is 1.69. The van der Waals surface area contributed by atoms with Crippen molar-refractivity contribution in [3.63, 3.8) is 0 Å². The Kier molecular flexibility index (Phi) is 3.94. The lowest BCUT2D eigenvalue weighted by molar-refractivity contribution is -0.00964. The van der Waals surface area contributed by atoms with Crippen molar-refractivity contribution in [1.29, 1.82) is 0 Å². The van der Waals surface area contributed by atoms with Crippen LogP contribution >= 0.6 is 0 Å². The zero-order valence-corrected chi connectivity index (χ0v) is 14.7. The molecule has 0 aromatic carbocycles. The maximum atomic E-state index is 13.1. The number of aryl methyl sites for hydroxylation is 3. The highest BCUT2D eigenvalue weighted by Crippen LogP contribution is 2.36. The first-order chi connectivity index (χ1) is 11.9. The molecule has 5 rings (SSSR count). The van der Waals surface area contributed by atoms with Gasteiger partial charge in [0.25, 0.3) is 6.43 Å². The van der Waals surface area contributed by atoms with Crippen LogP contribution in [-0.4, -0.2) is 49.8 Å². The molecule has 0 saturated carbocycles. The predicted molar refractivity (Wildman–Crippen MR) is 89.6 cm³/mol. The summed E-state index contributed by atoms with van der Waals surface area (Å²) in [4.78, 5) is 13.5. The Morgan fingerprint density at radius 3 is 2.56 bits per heavy atom. The number of anilines is 1. The fraction of sp³-hybridized carbons (Fsp3) is 0.588. The van der Waals surface area contributed by atoms with Gasteiger partial charge in [-0.2, -0.15) is 5.10 Å². The molecule has 0 N–H and O–H groups in total. The van der Waals surface area contributed by atoms with Gasteiger partial charge in [0.05, 0.1) is 0 Å². The van der Waals surface area contributed by atoms with Gasteiger partial charge in [0, 0.05) is 62.3 Å². The van der Waals surface area contributed by atoms with Gasteiger partial charge < -0.3 is 4.90 Å². The highest BCUT2D eigenvalue weighted by molar-refractivity contribution is 5.42. The van der Waals surface area contributed by atoms with E-state index in [0.29, 0.717) is 24.2 Å². The van der Waals surface area contributed by atoms with Crippen molar-refractivity contribution in [3.8, 4) is 0 Å². The van der Waals surface area contributed by atoms with E-state index in [-0.39, 0.29) is 5.69 Å². The topological polar surface area (TPSA) is 50.1 Å². The minimum absolute atomic E-state index is 0.0913. The molecule has 3 fully saturated rings. The van der Waals surface area contributed by atoms with Gasteiger partial charge in [-0.3, -0.25) is 9.58 Å². The quantitative estimate of drug-likeness (QED) is 0.848. The number of halogens is 2. The number of fused-ring (bicyclic) bond motifs is 2. The summed E-state index contributed by atoms with van der Waals surface area (Å²) < 4.78 is 27.8. The molecule has 2 unspecified atom stereocenters. The van der Waals surface area contributed by atoms with Gasteiger partial charge in [0.15, 0.2) is 0 Å². The van der Waals surface area contributed by atoms with Crippen molar-refractivity contribution >= 4 is 5.82 Å². The van der Waals surface area contributed by atoms with Crippen LogP contribution in [0.4, 0.5) is 14.6 Å². The Morgan fingerprint density at radius 1 is 1.20 bits per heavy atom. The van der Waals surface area contributed by atoms with Crippen LogP contribution in [0, 0.1) is 13.8 Å². The van der Waals surface area contributed by atoms with E-state index in [1.165, 1.54) is 4.68 Å². The molecule has 5 heterocycles. The summed E-state index contributed by atoms with van der Waals surface area (Å²) in [6, 6.07) is 2.76. The first-order valence-corrected chi connectivity index (χ1v) is 8.54. The molecule has 0 amide bonds. The predicted octanol–water partition coefficient (Wildman–Crippen LogP) is 2.23. The third kappa shape index (κ3) is 2.99. The summed E-state index contributed by atoms with van der Waals surface area (Å²) in [6.07, 6.45) is 0.301. The van der Waals surface area contributed by atoms with Crippen LogP contribution in [-0.2, 0) is 13.6 Å². The van der Waals surface area contributed by atoms with Crippen LogP contribution in [0.1, 0.15) is 35.6 Å². The van der Waals surface area contributed by atoms with Crippen molar-refractivity contribution in [2.24, 2.45) is 7.05 Å². The lowest BCUT2D eigenvalue weighted by Gasteiger charge is -2.56. The van der Waals surface area contributed by atoms with E-state index in [1.807, 2.05) is 19.9 Å². The number of alkyl halides is 2. The van der Waals surface area contributed by atoms with Crippen LogP contribution in [0.25, 0.3) is 0 Å². The van der Waals surface area contributed by atoms with Crippen molar-refractivity contribution in [2.45, 2.75) is 45.3 Å². The summed E-state index contributed by atoms with van der Waals surface area (Å²) in [6.45, 7) is 6.16. The molecule has 25 heavy (non-hydrogen) atoms. The van der Waals surface area contributed by atoms with Crippen LogP contribution in [0.5, 0.6) is 0 Å². The molecule has 2 atom stereocenters. The highest BCUT2D eigenvalue weighted by atomic mass is 19.3. The van der Waals surface area contributed by atoms with Gasteiger partial charge >= 0.3 is 0 Å². The minimum atomic E-state index is -2.53. The molecule has 0 spiro atoms. The van der Waals surface area contributed by atoms with Gasteiger partial charge in [-0.1, -0.05) is 0 Å². The Bertz CT molecular complexity index is 757. The van der Waals surface area contributed by atoms with E-state index in [4.69, 9.17) is 0 Å². The Morgan fingerprint density at radius 2 is 1.92 bits per heavy atom. The van der Waals surface area contributed by atoms with E-state index in [0.717, 1.165) is 36.8 Å². The summed E-state index contributed by atoms with van der Waals surface area (Å²) >= 11 is 0. The highest BCUT2D eigenvalue weighted by Gasteiger charge is 2.45. The normalized spacial score (nSPS) is 23.2. The SMILES string of the molecule is Cc1cc(N2CC3CC(C2)N3Cc2cn(C)nc2C(F)F)nc(C)n1. The molecule has 3 aliphatic rings. The second kappa shape index (κ2) is 6.01. The lowest BCUT2D eigenvalue weighted by Crippen LogP contribution is -2.68. The molecular weight excluding hydrogens is 326 g/mol. The Balaban J connectivity index is 1.47. The molecule has 6 nitrogen and oxygen atoms in total. The first kappa shape index (κ1) is 16.4. The molecule has 3 saturated heterocycles. The maximum Gasteiger partial charge on any atom is 0.282 e. The van der Waals surface area contributed by atoms with E-state index in [9.17, 15) is 8.78 Å². The minimum Gasteiger partial charge on any atom is -0.353 e. The summed E-state index contributed by atoms with van der Waals surface area (Å²) in [5, 5.41) is 3.91. The zero-order valence-electron chi connectivity index (χ0n) is 14.7. The van der Waals surface area contributed by atoms with E-state index in [2.05, 4.69) is 24.9 Å². The molecule has 3 aliphatic heterocycles. The number of hydrogen-bond donors (Lipinski definition) is 0. The number of nitrogens with zero attached hydrogens (tertiary/aromatic N) is 6. The van der Waals surface area contributed by atoms with E-state index in [1.54, 1.807) is 13.2 Å². The molecule has 2 aromatic rings. The standard InChI is InChI=1S/C17H22F2N6/c1-10-4-15(21-11(2)20-10)24-8-13-5-14(9-24)25(13)7-12-6-23(3)22-16(12)17(18)19/h4,6,13-14,17H,5,7-9H2,1-3H3. The summed E-state index contributed by atoms with van der Waals surface area (Å²) in [5.74, 6) is 1.75.